The first kappa shape index (κ1) is 31.5. The van der Waals surface area contributed by atoms with E-state index in [0.717, 1.165) is 62.7 Å². The number of hydrogen-bond donors (Lipinski definition) is 2. The molecule has 0 saturated carbocycles. The van der Waals surface area contributed by atoms with Gasteiger partial charge in [0, 0.05) is 18.0 Å². The normalized spacial score (nSPS) is 18.6. The molecule has 3 aromatic rings. The van der Waals surface area contributed by atoms with Crippen LogP contribution in [0.3, 0.4) is 0 Å². The number of likely N-dealkylation sites (tertiary alicyclic amines) is 1. The maximum atomic E-state index is 13.4. The lowest BCUT2D eigenvalue weighted by molar-refractivity contribution is -0.137. The summed E-state index contributed by atoms with van der Waals surface area (Å²) in [4.78, 5) is 15.3. The highest BCUT2D eigenvalue weighted by molar-refractivity contribution is 7.89. The van der Waals surface area contributed by atoms with Gasteiger partial charge in [-0.1, -0.05) is 54.4 Å². The highest BCUT2D eigenvalue weighted by atomic mass is 35.5. The second kappa shape index (κ2) is 13.4. The van der Waals surface area contributed by atoms with E-state index < -0.39 is 32.7 Å². The summed E-state index contributed by atoms with van der Waals surface area (Å²) in [6, 6.07) is 15.0. The number of alkyl halides is 3. The Morgan fingerprint density at radius 2 is 1.72 bits per heavy atom. The van der Waals surface area contributed by atoms with Crippen molar-refractivity contribution in [3.05, 3.63) is 99.6 Å². The third-order valence-corrected chi connectivity index (χ3v) is 9.86. The summed E-state index contributed by atoms with van der Waals surface area (Å²) in [5.74, 6) is -0.373. The number of fused-ring (bicyclic) bond motifs is 1. The summed E-state index contributed by atoms with van der Waals surface area (Å²) in [5, 5.41) is 3.51. The number of sulfonamides is 1. The van der Waals surface area contributed by atoms with Gasteiger partial charge < -0.3 is 5.32 Å². The first-order valence-corrected chi connectivity index (χ1v) is 16.4. The van der Waals surface area contributed by atoms with Gasteiger partial charge in [-0.05, 0) is 97.8 Å². The highest BCUT2D eigenvalue weighted by Gasteiger charge is 2.33. The van der Waals surface area contributed by atoms with E-state index in [-0.39, 0.29) is 18.4 Å². The average molecular weight is 634 g/mol. The van der Waals surface area contributed by atoms with Crippen LogP contribution in [0.5, 0.6) is 0 Å². The van der Waals surface area contributed by atoms with Crippen molar-refractivity contribution in [3.8, 4) is 0 Å². The number of piperidine rings is 1. The fraction of sp³-hybridized carbons (Fsp3) is 0.406. The lowest BCUT2D eigenvalue weighted by Gasteiger charge is -2.29. The Bertz CT molecular complexity index is 1540. The molecule has 1 amide bonds. The second-order valence-corrected chi connectivity index (χ2v) is 13.5. The molecular weight excluding hydrogens is 599 g/mol. The monoisotopic (exact) mass is 633 g/mol. The standard InChI is InChI=1S/C32H35ClF3N3O3S/c33-26-13-11-23(12-14-26)30(38-43(41,42)27-8-5-7-25(19-27)32(34,35)36)20-31(40)37-29-9-4-6-24-18-22(10-15-28(24)29)21-39-16-2-1-3-17-39/h5,7-8,10-15,18-19,29-30,38H,1-4,6,9,16-17,20-21H2,(H,37,40)/t29-,30?/m1/s1. The number of amides is 1. The average Bonchev–Trinajstić information content (AvgIpc) is 2.97. The molecule has 1 unspecified atom stereocenters. The summed E-state index contributed by atoms with van der Waals surface area (Å²) < 4.78 is 68.7. The zero-order valence-corrected chi connectivity index (χ0v) is 25.2. The number of halogens is 4. The van der Waals surface area contributed by atoms with Crippen LogP contribution in [0.15, 0.2) is 71.6 Å². The quantitative estimate of drug-likeness (QED) is 0.267. The molecule has 0 aromatic heterocycles. The molecule has 2 aliphatic rings. The number of nitrogens with zero attached hydrogens (tertiary/aromatic N) is 1. The number of rotatable bonds is 9. The molecular formula is C32H35ClF3N3O3S. The van der Waals surface area contributed by atoms with Gasteiger partial charge >= 0.3 is 6.18 Å². The van der Waals surface area contributed by atoms with Crippen molar-refractivity contribution in [2.45, 2.75) is 74.6 Å². The summed E-state index contributed by atoms with van der Waals surface area (Å²) in [6.45, 7) is 3.14. The first-order chi connectivity index (χ1) is 20.5. The molecule has 2 atom stereocenters. The second-order valence-electron chi connectivity index (χ2n) is 11.3. The molecule has 0 radical (unpaired) electrons. The number of nitrogens with one attached hydrogen (secondary N) is 2. The molecule has 1 saturated heterocycles. The SMILES string of the molecule is O=C(CC(NS(=O)(=O)c1cccc(C(F)(F)F)c1)c1ccc(Cl)cc1)N[C@@H]1CCCc2cc(CN3CCCCC3)ccc21. The molecule has 0 bridgehead atoms. The Morgan fingerprint density at radius 3 is 2.44 bits per heavy atom. The fourth-order valence-corrected chi connectivity index (χ4v) is 7.34. The molecule has 0 spiro atoms. The molecule has 43 heavy (non-hydrogen) atoms. The van der Waals surface area contributed by atoms with Crippen LogP contribution in [0.4, 0.5) is 13.2 Å². The fourth-order valence-electron chi connectivity index (χ4n) is 5.95. The topological polar surface area (TPSA) is 78.5 Å². The molecule has 1 aliphatic heterocycles. The molecule has 1 heterocycles. The molecule has 6 nitrogen and oxygen atoms in total. The number of benzene rings is 3. The van der Waals surface area contributed by atoms with Crippen LogP contribution in [0, 0.1) is 0 Å². The van der Waals surface area contributed by atoms with Crippen LogP contribution in [0.1, 0.15) is 78.4 Å². The van der Waals surface area contributed by atoms with Gasteiger partial charge in [-0.25, -0.2) is 13.1 Å². The van der Waals surface area contributed by atoms with Crippen molar-refractivity contribution >= 4 is 27.5 Å². The van der Waals surface area contributed by atoms with E-state index in [1.165, 1.54) is 30.4 Å². The molecule has 230 valence electrons. The zero-order valence-electron chi connectivity index (χ0n) is 23.7. The third kappa shape index (κ3) is 8.17. The minimum atomic E-state index is -4.70. The largest absolute Gasteiger partial charge is 0.416 e. The molecule has 1 fully saturated rings. The van der Waals surface area contributed by atoms with E-state index in [9.17, 15) is 26.4 Å². The molecule has 2 N–H and O–H groups in total. The smallest absolute Gasteiger partial charge is 0.349 e. The van der Waals surface area contributed by atoms with E-state index >= 15 is 0 Å². The summed E-state index contributed by atoms with van der Waals surface area (Å²) in [6.07, 6.45) is 1.38. The predicted octanol–water partition coefficient (Wildman–Crippen LogP) is 6.95. The van der Waals surface area contributed by atoms with Crippen LogP contribution in [-0.2, 0) is 34.0 Å². The molecule has 3 aromatic carbocycles. The van der Waals surface area contributed by atoms with Crippen molar-refractivity contribution in [2.75, 3.05) is 13.1 Å². The van der Waals surface area contributed by atoms with Crippen LogP contribution in [-0.4, -0.2) is 32.3 Å². The van der Waals surface area contributed by atoms with Crippen LogP contribution in [0.25, 0.3) is 0 Å². The van der Waals surface area contributed by atoms with Gasteiger partial charge in [0.05, 0.1) is 22.5 Å². The van der Waals surface area contributed by atoms with Gasteiger partial charge in [0.25, 0.3) is 0 Å². The van der Waals surface area contributed by atoms with E-state index in [4.69, 9.17) is 11.6 Å². The number of carbonyl (C=O) groups excluding carboxylic acids is 1. The van der Waals surface area contributed by atoms with Crippen molar-refractivity contribution < 1.29 is 26.4 Å². The maximum Gasteiger partial charge on any atom is 0.416 e. The Kier molecular flexibility index (Phi) is 9.80. The summed E-state index contributed by atoms with van der Waals surface area (Å²) in [7, 11) is -4.41. The Balaban J connectivity index is 1.32. The Hall–Kier alpha value is -2.92. The van der Waals surface area contributed by atoms with Crippen molar-refractivity contribution in [2.24, 2.45) is 0 Å². The third-order valence-electron chi connectivity index (χ3n) is 8.14. The van der Waals surface area contributed by atoms with Crippen LogP contribution >= 0.6 is 11.6 Å². The minimum Gasteiger partial charge on any atom is -0.349 e. The highest BCUT2D eigenvalue weighted by Crippen LogP contribution is 2.33. The van der Waals surface area contributed by atoms with Gasteiger partial charge in [0.2, 0.25) is 15.9 Å². The lowest BCUT2D eigenvalue weighted by atomic mass is 9.86. The minimum absolute atomic E-state index is 0.216. The van der Waals surface area contributed by atoms with Gasteiger partial charge in [-0.15, -0.1) is 0 Å². The molecule has 1 aliphatic carbocycles. The van der Waals surface area contributed by atoms with Gasteiger partial charge in [0.1, 0.15) is 0 Å². The summed E-state index contributed by atoms with van der Waals surface area (Å²) >= 11 is 6.03. The van der Waals surface area contributed by atoms with Gasteiger partial charge in [-0.3, -0.25) is 9.69 Å². The van der Waals surface area contributed by atoms with E-state index in [0.29, 0.717) is 16.7 Å². The van der Waals surface area contributed by atoms with Crippen molar-refractivity contribution in [1.82, 2.24) is 14.9 Å². The van der Waals surface area contributed by atoms with E-state index in [1.807, 2.05) is 0 Å². The van der Waals surface area contributed by atoms with Gasteiger partial charge in [-0.2, -0.15) is 13.2 Å². The van der Waals surface area contributed by atoms with Crippen LogP contribution < -0.4 is 10.0 Å². The lowest BCUT2D eigenvalue weighted by Crippen LogP contribution is -2.36. The number of aryl methyl sites for hydroxylation is 1. The Morgan fingerprint density at radius 1 is 0.977 bits per heavy atom. The van der Waals surface area contributed by atoms with Crippen molar-refractivity contribution in [1.29, 1.82) is 0 Å². The maximum absolute atomic E-state index is 13.4. The number of carbonyl (C=O) groups is 1. The Labute approximate surface area is 255 Å². The number of hydrogen-bond acceptors (Lipinski definition) is 4. The predicted molar refractivity (Wildman–Crippen MR) is 160 cm³/mol. The zero-order chi connectivity index (χ0) is 30.6. The van der Waals surface area contributed by atoms with Crippen molar-refractivity contribution in [3.63, 3.8) is 0 Å². The molecule has 11 heteroatoms. The van der Waals surface area contributed by atoms with E-state index in [2.05, 4.69) is 33.1 Å². The first-order valence-electron chi connectivity index (χ1n) is 14.6. The van der Waals surface area contributed by atoms with Crippen LogP contribution in [0.2, 0.25) is 5.02 Å². The molecule has 5 rings (SSSR count). The van der Waals surface area contributed by atoms with Gasteiger partial charge in [0.15, 0.2) is 0 Å². The van der Waals surface area contributed by atoms with E-state index in [1.54, 1.807) is 24.3 Å². The summed E-state index contributed by atoms with van der Waals surface area (Å²) in [5.41, 5.74) is 2.92.